The van der Waals surface area contributed by atoms with E-state index >= 15 is 0 Å². The fraction of sp³-hybridized carbons (Fsp3) is 0.667. The summed E-state index contributed by atoms with van der Waals surface area (Å²) in [5, 5.41) is 3.22. The van der Waals surface area contributed by atoms with Crippen LogP contribution in [0, 0.1) is 0 Å². The summed E-state index contributed by atoms with van der Waals surface area (Å²) in [6.45, 7) is 8.71. The molecule has 0 aliphatic rings. The van der Waals surface area contributed by atoms with Gasteiger partial charge in [-0.1, -0.05) is 27.2 Å². The highest BCUT2D eigenvalue weighted by Gasteiger charge is 2.16. The fourth-order valence-electron chi connectivity index (χ4n) is 1.98. The van der Waals surface area contributed by atoms with Gasteiger partial charge in [0.15, 0.2) is 0 Å². The lowest BCUT2D eigenvalue weighted by atomic mass is 10.3. The Kier molecular flexibility index (Phi) is 7.62. The van der Waals surface area contributed by atoms with E-state index in [0.29, 0.717) is 5.69 Å². The van der Waals surface area contributed by atoms with E-state index in [2.05, 4.69) is 36.1 Å². The number of carbonyl (C=O) groups is 1. The molecule has 0 fully saturated rings. The molecule has 1 heterocycles. The lowest BCUT2D eigenvalue weighted by molar-refractivity contribution is 0.0749. The summed E-state index contributed by atoms with van der Waals surface area (Å²) < 4.78 is 0. The predicted molar refractivity (Wildman–Crippen MR) is 81.9 cm³/mol. The van der Waals surface area contributed by atoms with Crippen LogP contribution in [0.4, 0.5) is 5.82 Å². The van der Waals surface area contributed by atoms with Crippen molar-refractivity contribution in [1.29, 1.82) is 0 Å². The van der Waals surface area contributed by atoms with Crippen LogP contribution >= 0.6 is 0 Å². The second-order valence-electron chi connectivity index (χ2n) is 4.86. The zero-order valence-corrected chi connectivity index (χ0v) is 12.9. The minimum absolute atomic E-state index is 0.00496. The van der Waals surface area contributed by atoms with Crippen molar-refractivity contribution in [3.05, 3.63) is 18.1 Å². The van der Waals surface area contributed by atoms with Crippen molar-refractivity contribution in [2.45, 2.75) is 46.5 Å². The minimum atomic E-state index is -0.00496. The first-order chi connectivity index (χ1) is 9.72. The summed E-state index contributed by atoms with van der Waals surface area (Å²) in [7, 11) is 0. The zero-order valence-electron chi connectivity index (χ0n) is 12.9. The number of unbranched alkanes of at least 4 members (excludes halogenated alkanes) is 1. The summed E-state index contributed by atoms with van der Waals surface area (Å²) in [6.07, 6.45) is 5.59. The highest BCUT2D eigenvalue weighted by Crippen LogP contribution is 2.08. The quantitative estimate of drug-likeness (QED) is 0.706. The average Bonchev–Trinajstić information content (AvgIpc) is 2.47. The van der Waals surface area contributed by atoms with Crippen molar-refractivity contribution in [2.75, 3.05) is 25.0 Å². The van der Waals surface area contributed by atoms with Gasteiger partial charge >= 0.3 is 0 Å². The molecule has 1 aromatic heterocycles. The summed E-state index contributed by atoms with van der Waals surface area (Å²) >= 11 is 0. The Hall–Kier alpha value is -1.65. The maximum absolute atomic E-state index is 12.4. The van der Waals surface area contributed by atoms with Crippen LogP contribution in [0.25, 0.3) is 0 Å². The topological polar surface area (TPSA) is 58.1 Å². The molecule has 0 aromatic carbocycles. The normalized spacial score (nSPS) is 10.3. The number of carbonyl (C=O) groups excluding carboxylic acids is 1. The Bertz CT molecular complexity index is 403. The molecule has 1 rings (SSSR count). The van der Waals surface area contributed by atoms with E-state index in [0.717, 1.165) is 51.1 Å². The monoisotopic (exact) mass is 278 g/mol. The van der Waals surface area contributed by atoms with Gasteiger partial charge in [-0.05, 0) is 19.3 Å². The minimum Gasteiger partial charge on any atom is -0.370 e. The van der Waals surface area contributed by atoms with Gasteiger partial charge in [0, 0.05) is 25.7 Å². The lowest BCUT2D eigenvalue weighted by Crippen LogP contribution is -2.33. The molecule has 1 amide bonds. The van der Waals surface area contributed by atoms with Crippen LogP contribution in [0.5, 0.6) is 0 Å². The SMILES string of the molecule is CCCCNc1cc(C(=O)N(CCC)CCC)ncn1. The molecule has 0 aliphatic carbocycles. The number of amides is 1. The van der Waals surface area contributed by atoms with Crippen LogP contribution in [0.1, 0.15) is 56.9 Å². The molecule has 0 aliphatic heterocycles. The van der Waals surface area contributed by atoms with Crippen molar-refractivity contribution >= 4 is 11.7 Å². The van der Waals surface area contributed by atoms with Crippen LogP contribution in [0.2, 0.25) is 0 Å². The number of nitrogens with one attached hydrogen (secondary N) is 1. The van der Waals surface area contributed by atoms with Crippen LogP contribution < -0.4 is 5.32 Å². The molecule has 0 unspecified atom stereocenters. The van der Waals surface area contributed by atoms with E-state index in [1.165, 1.54) is 6.33 Å². The van der Waals surface area contributed by atoms with Crippen LogP contribution in [0.3, 0.4) is 0 Å². The van der Waals surface area contributed by atoms with E-state index in [4.69, 9.17) is 0 Å². The Morgan fingerprint density at radius 2 is 1.85 bits per heavy atom. The van der Waals surface area contributed by atoms with E-state index in [9.17, 15) is 4.79 Å². The van der Waals surface area contributed by atoms with Crippen molar-refractivity contribution in [3.8, 4) is 0 Å². The van der Waals surface area contributed by atoms with Gasteiger partial charge in [0.1, 0.15) is 17.8 Å². The maximum atomic E-state index is 12.4. The third-order valence-electron chi connectivity index (χ3n) is 3.00. The van der Waals surface area contributed by atoms with E-state index in [-0.39, 0.29) is 5.91 Å². The van der Waals surface area contributed by atoms with Gasteiger partial charge in [-0.3, -0.25) is 4.79 Å². The number of nitrogens with zero attached hydrogens (tertiary/aromatic N) is 3. The first-order valence-electron chi connectivity index (χ1n) is 7.58. The van der Waals surface area contributed by atoms with E-state index in [1.54, 1.807) is 6.07 Å². The van der Waals surface area contributed by atoms with Crippen LogP contribution in [0.15, 0.2) is 12.4 Å². The Labute approximate surface area is 121 Å². The fourth-order valence-corrected chi connectivity index (χ4v) is 1.98. The Balaban J connectivity index is 2.73. The second-order valence-corrected chi connectivity index (χ2v) is 4.86. The van der Waals surface area contributed by atoms with Crippen molar-refractivity contribution in [3.63, 3.8) is 0 Å². The third-order valence-corrected chi connectivity index (χ3v) is 3.00. The van der Waals surface area contributed by atoms with Crippen molar-refractivity contribution in [1.82, 2.24) is 14.9 Å². The highest BCUT2D eigenvalue weighted by atomic mass is 16.2. The van der Waals surface area contributed by atoms with Gasteiger partial charge in [-0.2, -0.15) is 0 Å². The second kappa shape index (κ2) is 9.28. The summed E-state index contributed by atoms with van der Waals surface area (Å²) in [5.41, 5.74) is 0.473. The summed E-state index contributed by atoms with van der Waals surface area (Å²) in [5.74, 6) is 0.722. The largest absolute Gasteiger partial charge is 0.370 e. The molecule has 1 aromatic rings. The van der Waals surface area contributed by atoms with Gasteiger partial charge in [0.05, 0.1) is 0 Å². The van der Waals surface area contributed by atoms with Gasteiger partial charge in [-0.25, -0.2) is 9.97 Å². The van der Waals surface area contributed by atoms with Gasteiger partial charge in [0.25, 0.3) is 5.91 Å². The van der Waals surface area contributed by atoms with E-state index < -0.39 is 0 Å². The Morgan fingerprint density at radius 1 is 1.15 bits per heavy atom. The number of rotatable bonds is 9. The molecular weight excluding hydrogens is 252 g/mol. The molecule has 0 radical (unpaired) electrons. The third kappa shape index (κ3) is 5.15. The molecule has 0 saturated carbocycles. The number of anilines is 1. The van der Waals surface area contributed by atoms with Crippen LogP contribution in [-0.2, 0) is 0 Å². The van der Waals surface area contributed by atoms with Crippen LogP contribution in [-0.4, -0.2) is 40.4 Å². The van der Waals surface area contributed by atoms with E-state index in [1.807, 2.05) is 4.90 Å². The first kappa shape index (κ1) is 16.4. The molecule has 0 atom stereocenters. The molecule has 0 bridgehead atoms. The van der Waals surface area contributed by atoms with Gasteiger partial charge in [-0.15, -0.1) is 0 Å². The standard InChI is InChI=1S/C15H26N4O/c1-4-7-8-16-14-11-13(17-12-18-14)15(20)19(9-5-2)10-6-3/h11-12H,4-10H2,1-3H3,(H,16,17,18). The average molecular weight is 278 g/mol. The highest BCUT2D eigenvalue weighted by molar-refractivity contribution is 5.92. The van der Waals surface area contributed by atoms with Gasteiger partial charge < -0.3 is 10.2 Å². The lowest BCUT2D eigenvalue weighted by Gasteiger charge is -2.21. The molecule has 20 heavy (non-hydrogen) atoms. The molecule has 0 saturated heterocycles. The maximum Gasteiger partial charge on any atom is 0.272 e. The number of hydrogen-bond acceptors (Lipinski definition) is 4. The molecule has 0 spiro atoms. The first-order valence-corrected chi connectivity index (χ1v) is 7.58. The molecule has 1 N–H and O–H groups in total. The van der Waals surface area contributed by atoms with Crippen molar-refractivity contribution in [2.24, 2.45) is 0 Å². The number of hydrogen-bond donors (Lipinski definition) is 1. The smallest absolute Gasteiger partial charge is 0.272 e. The van der Waals surface area contributed by atoms with Gasteiger partial charge in [0.2, 0.25) is 0 Å². The molecular formula is C15H26N4O. The summed E-state index contributed by atoms with van der Waals surface area (Å²) in [6, 6.07) is 1.75. The Morgan fingerprint density at radius 3 is 2.45 bits per heavy atom. The summed E-state index contributed by atoms with van der Waals surface area (Å²) in [4.78, 5) is 22.5. The zero-order chi connectivity index (χ0) is 14.8. The number of aromatic nitrogens is 2. The molecule has 5 nitrogen and oxygen atoms in total. The van der Waals surface area contributed by atoms with Crippen molar-refractivity contribution < 1.29 is 4.79 Å². The molecule has 112 valence electrons. The molecule has 5 heteroatoms. The predicted octanol–water partition coefficient (Wildman–Crippen LogP) is 2.95.